The van der Waals surface area contributed by atoms with Crippen LogP contribution in [0.4, 0.5) is 0 Å². The van der Waals surface area contributed by atoms with E-state index in [2.05, 4.69) is 6.92 Å². The summed E-state index contributed by atoms with van der Waals surface area (Å²) >= 11 is 0. The molecule has 0 radical (unpaired) electrons. The Labute approximate surface area is 113 Å². The maximum Gasteiger partial charge on any atom is 0.147 e. The number of hydrogen-bond donors (Lipinski definition) is 1. The van der Waals surface area contributed by atoms with Crippen molar-refractivity contribution >= 4 is 9.84 Å². The van der Waals surface area contributed by atoms with Crippen LogP contribution in [0.25, 0.3) is 0 Å². The van der Waals surface area contributed by atoms with E-state index in [0.717, 1.165) is 6.42 Å². The van der Waals surface area contributed by atoms with Gasteiger partial charge in [0.15, 0.2) is 0 Å². The van der Waals surface area contributed by atoms with Gasteiger partial charge in [0.1, 0.15) is 9.84 Å². The number of rotatable bonds is 11. The van der Waals surface area contributed by atoms with Crippen LogP contribution >= 0.6 is 0 Å². The molecule has 18 heavy (non-hydrogen) atoms. The molecule has 0 aromatic heterocycles. The molecule has 0 amide bonds. The van der Waals surface area contributed by atoms with Gasteiger partial charge in [-0.05, 0) is 24.8 Å². The minimum Gasteiger partial charge on any atom is -0.330 e. The Kier molecular flexibility index (Phi) is 9.74. The smallest absolute Gasteiger partial charge is 0.147 e. The summed E-state index contributed by atoms with van der Waals surface area (Å²) in [6.07, 6.45) is 10.0. The maximum absolute atomic E-state index is 11.3. The summed E-state index contributed by atoms with van der Waals surface area (Å²) in [4.78, 5) is 0. The zero-order valence-corrected chi connectivity index (χ0v) is 13.1. The van der Waals surface area contributed by atoms with Crippen LogP contribution in [0, 0.1) is 11.8 Å². The Morgan fingerprint density at radius 1 is 1.06 bits per heavy atom. The first-order chi connectivity index (χ1) is 8.40. The molecule has 0 rings (SSSR count). The summed E-state index contributed by atoms with van der Waals surface area (Å²) in [5.74, 6) is 0.802. The molecule has 2 N–H and O–H groups in total. The zero-order valence-electron chi connectivity index (χ0n) is 12.3. The molecule has 0 saturated carbocycles. The van der Waals surface area contributed by atoms with Gasteiger partial charge in [0, 0.05) is 6.26 Å². The van der Waals surface area contributed by atoms with Crippen LogP contribution in [-0.2, 0) is 9.84 Å². The van der Waals surface area contributed by atoms with Crippen molar-refractivity contribution in [2.75, 3.05) is 18.6 Å². The van der Waals surface area contributed by atoms with Gasteiger partial charge in [0.2, 0.25) is 0 Å². The molecule has 0 aliphatic heterocycles. The molecular formula is C14H31NO2S. The molecule has 0 fully saturated rings. The molecule has 0 aliphatic carbocycles. The molecule has 0 spiro atoms. The summed E-state index contributed by atoms with van der Waals surface area (Å²) in [5.41, 5.74) is 5.76. The van der Waals surface area contributed by atoms with E-state index < -0.39 is 9.84 Å². The Balaban J connectivity index is 3.82. The third-order valence-electron chi connectivity index (χ3n) is 3.60. The zero-order chi connectivity index (χ0) is 14.0. The lowest BCUT2D eigenvalue weighted by Crippen LogP contribution is -2.26. The second kappa shape index (κ2) is 9.79. The highest BCUT2D eigenvalue weighted by Gasteiger charge is 2.19. The predicted octanol–water partition coefficient (Wildman–Crippen LogP) is 2.99. The van der Waals surface area contributed by atoms with Crippen LogP contribution < -0.4 is 5.73 Å². The Morgan fingerprint density at radius 3 is 2.11 bits per heavy atom. The summed E-state index contributed by atoms with van der Waals surface area (Å²) < 4.78 is 22.5. The van der Waals surface area contributed by atoms with E-state index in [1.54, 1.807) is 0 Å². The third-order valence-corrected chi connectivity index (χ3v) is 4.73. The fourth-order valence-corrected chi connectivity index (χ4v) is 3.66. The molecule has 4 heteroatoms. The number of nitrogens with two attached hydrogens (primary N) is 1. The lowest BCUT2D eigenvalue weighted by atomic mass is 9.90. The first-order valence-corrected chi connectivity index (χ1v) is 9.34. The molecular weight excluding hydrogens is 246 g/mol. The second-order valence-electron chi connectivity index (χ2n) is 5.62. The molecule has 0 saturated heterocycles. The van der Waals surface area contributed by atoms with Crippen LogP contribution in [0.3, 0.4) is 0 Å². The Hall–Kier alpha value is -0.0900. The van der Waals surface area contributed by atoms with Crippen molar-refractivity contribution in [1.29, 1.82) is 0 Å². The molecule has 0 aromatic carbocycles. The van der Waals surface area contributed by atoms with Crippen molar-refractivity contribution < 1.29 is 8.42 Å². The topological polar surface area (TPSA) is 60.2 Å². The number of sulfone groups is 1. The molecule has 0 aromatic rings. The van der Waals surface area contributed by atoms with Crippen molar-refractivity contribution in [2.45, 2.75) is 58.8 Å². The van der Waals surface area contributed by atoms with Crippen molar-refractivity contribution in [2.24, 2.45) is 17.6 Å². The largest absolute Gasteiger partial charge is 0.330 e. The minimum absolute atomic E-state index is 0.181. The molecule has 2 unspecified atom stereocenters. The maximum atomic E-state index is 11.3. The van der Waals surface area contributed by atoms with Crippen molar-refractivity contribution in [3.63, 3.8) is 0 Å². The van der Waals surface area contributed by atoms with Crippen LogP contribution in [0.15, 0.2) is 0 Å². The average molecular weight is 277 g/mol. The SMILES string of the molecule is CCCCCCCCC(CN)C(C)CS(C)(=O)=O. The van der Waals surface area contributed by atoms with Gasteiger partial charge in [-0.15, -0.1) is 0 Å². The minimum atomic E-state index is -2.88. The Bertz CT molecular complexity index is 288. The number of unbranched alkanes of at least 4 members (excludes halogenated alkanes) is 5. The highest BCUT2D eigenvalue weighted by Crippen LogP contribution is 2.20. The van der Waals surface area contributed by atoms with Crippen molar-refractivity contribution in [3.05, 3.63) is 0 Å². The highest BCUT2D eigenvalue weighted by atomic mass is 32.2. The molecule has 3 nitrogen and oxygen atoms in total. The summed E-state index contributed by atoms with van der Waals surface area (Å²) in [5, 5.41) is 0. The van der Waals surface area contributed by atoms with Gasteiger partial charge in [0.05, 0.1) is 5.75 Å². The van der Waals surface area contributed by atoms with Gasteiger partial charge in [-0.3, -0.25) is 0 Å². The molecule has 110 valence electrons. The Morgan fingerprint density at radius 2 is 1.61 bits per heavy atom. The van der Waals surface area contributed by atoms with E-state index in [0.29, 0.717) is 12.5 Å². The van der Waals surface area contributed by atoms with Crippen LogP contribution in [0.2, 0.25) is 0 Å². The van der Waals surface area contributed by atoms with Gasteiger partial charge < -0.3 is 5.73 Å². The fourth-order valence-electron chi connectivity index (χ4n) is 2.44. The van der Waals surface area contributed by atoms with E-state index in [-0.39, 0.29) is 11.7 Å². The second-order valence-corrected chi connectivity index (χ2v) is 7.81. The van der Waals surface area contributed by atoms with Crippen LogP contribution in [0.5, 0.6) is 0 Å². The van der Waals surface area contributed by atoms with Gasteiger partial charge in [-0.25, -0.2) is 8.42 Å². The first kappa shape index (κ1) is 17.9. The normalized spacial score (nSPS) is 15.6. The molecule has 0 heterocycles. The van der Waals surface area contributed by atoms with Crippen molar-refractivity contribution in [1.82, 2.24) is 0 Å². The summed E-state index contributed by atoms with van der Waals surface area (Å²) in [6.45, 7) is 4.83. The number of hydrogen-bond acceptors (Lipinski definition) is 3. The van der Waals surface area contributed by atoms with Crippen molar-refractivity contribution in [3.8, 4) is 0 Å². The van der Waals surface area contributed by atoms with E-state index in [9.17, 15) is 8.42 Å². The lowest BCUT2D eigenvalue weighted by Gasteiger charge is -2.21. The summed E-state index contributed by atoms with van der Waals surface area (Å²) in [7, 11) is -2.88. The quantitative estimate of drug-likeness (QED) is 0.591. The van der Waals surface area contributed by atoms with Gasteiger partial charge in [0.25, 0.3) is 0 Å². The van der Waals surface area contributed by atoms with Crippen LogP contribution in [-0.4, -0.2) is 27.0 Å². The van der Waals surface area contributed by atoms with Gasteiger partial charge in [-0.2, -0.15) is 0 Å². The molecule has 0 bridgehead atoms. The van der Waals surface area contributed by atoms with E-state index in [1.165, 1.54) is 44.8 Å². The molecule has 0 aliphatic rings. The van der Waals surface area contributed by atoms with E-state index in [4.69, 9.17) is 5.73 Å². The summed E-state index contributed by atoms with van der Waals surface area (Å²) in [6, 6.07) is 0. The third kappa shape index (κ3) is 9.89. The van der Waals surface area contributed by atoms with Gasteiger partial charge in [-0.1, -0.05) is 52.4 Å². The molecule has 2 atom stereocenters. The predicted molar refractivity (Wildman–Crippen MR) is 79.4 cm³/mol. The van der Waals surface area contributed by atoms with Gasteiger partial charge >= 0.3 is 0 Å². The fraction of sp³-hybridized carbons (Fsp3) is 1.00. The van der Waals surface area contributed by atoms with Crippen LogP contribution in [0.1, 0.15) is 58.8 Å². The monoisotopic (exact) mass is 277 g/mol. The van der Waals surface area contributed by atoms with E-state index >= 15 is 0 Å². The lowest BCUT2D eigenvalue weighted by molar-refractivity contribution is 0.354. The first-order valence-electron chi connectivity index (χ1n) is 7.28. The van der Waals surface area contributed by atoms with E-state index in [1.807, 2.05) is 6.92 Å². The standard InChI is InChI=1S/C14H31NO2S/c1-4-5-6-7-8-9-10-14(11-15)13(2)12-18(3,16)17/h13-14H,4-12,15H2,1-3H3. The highest BCUT2D eigenvalue weighted by molar-refractivity contribution is 7.90. The average Bonchev–Trinajstić information content (AvgIpc) is 2.25.